The number of halogens is 3. The zero-order valence-electron chi connectivity index (χ0n) is 5.48. The van der Waals surface area contributed by atoms with Crippen LogP contribution in [0.4, 0.5) is 0 Å². The molecular weight excluding hydrogens is 198 g/mol. The molecule has 0 bridgehead atoms. The van der Waals surface area contributed by atoms with E-state index in [1.165, 1.54) is 0 Å². The van der Waals surface area contributed by atoms with Crippen LogP contribution in [0.3, 0.4) is 0 Å². The van der Waals surface area contributed by atoms with Crippen LogP contribution in [0.15, 0.2) is 0 Å². The van der Waals surface area contributed by atoms with E-state index < -0.39 is 10.3 Å². The number of alkyl halides is 3. The molecule has 0 fully saturated rings. The van der Waals surface area contributed by atoms with Crippen molar-refractivity contribution in [1.82, 2.24) is 0 Å². The van der Waals surface area contributed by atoms with E-state index in [0.717, 1.165) is 6.42 Å². The standard InChI is InChI=1S/C4H8O2.CHCl3/c1-2-3-4(5)6;2-1(3)4/h2-3H2,1H3,(H,5,6);1H. The van der Waals surface area contributed by atoms with Crippen LogP contribution in [-0.4, -0.2) is 15.4 Å². The van der Waals surface area contributed by atoms with E-state index in [9.17, 15) is 4.79 Å². The van der Waals surface area contributed by atoms with Crippen molar-refractivity contribution in [3.63, 3.8) is 0 Å². The number of hydrogen-bond acceptors (Lipinski definition) is 1. The molecule has 0 aromatic carbocycles. The van der Waals surface area contributed by atoms with Gasteiger partial charge in [0.25, 0.3) is 0 Å². The highest BCUT2D eigenvalue weighted by atomic mass is 35.6. The molecule has 0 aliphatic carbocycles. The summed E-state index contributed by atoms with van der Waals surface area (Å²) in [5, 5.41) is 7.91. The average Bonchev–Trinajstić information content (AvgIpc) is 1.62. The lowest BCUT2D eigenvalue weighted by molar-refractivity contribution is -0.137. The SMILES string of the molecule is CCCC(=O)O.ClC(Cl)Cl. The summed E-state index contributed by atoms with van der Waals surface area (Å²) in [5.74, 6) is -0.711. The Kier molecular flexibility index (Phi) is 12.1. The molecular formula is C5H9Cl3O2. The fourth-order valence-corrected chi connectivity index (χ4v) is 0.214. The van der Waals surface area contributed by atoms with Gasteiger partial charge in [-0.05, 0) is 6.42 Å². The smallest absolute Gasteiger partial charge is 0.303 e. The van der Waals surface area contributed by atoms with Crippen LogP contribution in [0.2, 0.25) is 0 Å². The number of hydrogen-bond donors (Lipinski definition) is 1. The van der Waals surface area contributed by atoms with Crippen molar-refractivity contribution in [1.29, 1.82) is 0 Å². The Morgan fingerprint density at radius 2 is 1.80 bits per heavy atom. The maximum atomic E-state index is 9.60. The molecule has 0 unspecified atom stereocenters. The van der Waals surface area contributed by atoms with Gasteiger partial charge < -0.3 is 5.11 Å². The molecule has 2 nitrogen and oxygen atoms in total. The van der Waals surface area contributed by atoms with E-state index in [4.69, 9.17) is 39.9 Å². The number of aliphatic carboxylic acids is 1. The summed E-state index contributed by atoms with van der Waals surface area (Å²) in [6.07, 6.45) is 1.02. The summed E-state index contributed by atoms with van der Waals surface area (Å²) in [6.45, 7) is 1.84. The number of rotatable bonds is 2. The molecule has 0 aromatic rings. The molecule has 0 saturated heterocycles. The second kappa shape index (κ2) is 9.34. The summed E-state index contributed by atoms with van der Waals surface area (Å²) < 4.78 is -0.750. The Hall–Kier alpha value is 0.340. The summed E-state index contributed by atoms with van der Waals surface area (Å²) >= 11 is 14.4. The van der Waals surface area contributed by atoms with Gasteiger partial charge >= 0.3 is 5.97 Å². The van der Waals surface area contributed by atoms with Crippen LogP contribution in [0, 0.1) is 0 Å². The van der Waals surface area contributed by atoms with Crippen molar-refractivity contribution in [3.05, 3.63) is 0 Å². The molecule has 0 aliphatic heterocycles. The van der Waals surface area contributed by atoms with Crippen molar-refractivity contribution in [3.8, 4) is 0 Å². The van der Waals surface area contributed by atoms with Crippen LogP contribution in [-0.2, 0) is 4.79 Å². The van der Waals surface area contributed by atoms with Gasteiger partial charge in [-0.2, -0.15) is 0 Å². The highest BCUT2D eigenvalue weighted by Crippen LogP contribution is 2.03. The molecule has 0 saturated carbocycles. The van der Waals surface area contributed by atoms with E-state index in [2.05, 4.69) is 0 Å². The third-order valence-corrected chi connectivity index (χ3v) is 0.464. The van der Waals surface area contributed by atoms with Gasteiger partial charge in [0, 0.05) is 6.42 Å². The van der Waals surface area contributed by atoms with E-state index in [1.54, 1.807) is 0 Å². The van der Waals surface area contributed by atoms with Crippen LogP contribution >= 0.6 is 34.8 Å². The maximum absolute atomic E-state index is 9.60. The molecule has 0 atom stereocenters. The fraction of sp³-hybridized carbons (Fsp3) is 0.800. The zero-order chi connectivity index (χ0) is 8.57. The van der Waals surface area contributed by atoms with E-state index in [-0.39, 0.29) is 0 Å². The second-order valence-corrected chi connectivity index (χ2v) is 3.37. The van der Waals surface area contributed by atoms with Crippen LogP contribution < -0.4 is 0 Å². The molecule has 5 heteroatoms. The Morgan fingerprint density at radius 1 is 1.50 bits per heavy atom. The van der Waals surface area contributed by atoms with Crippen molar-refractivity contribution in [2.45, 2.75) is 24.1 Å². The number of carboxylic acid groups (broad SMARTS) is 1. The van der Waals surface area contributed by atoms with E-state index >= 15 is 0 Å². The van der Waals surface area contributed by atoms with Gasteiger partial charge in [0.1, 0.15) is 0 Å². The lowest BCUT2D eigenvalue weighted by atomic mass is 10.4. The monoisotopic (exact) mass is 206 g/mol. The summed E-state index contributed by atoms with van der Waals surface area (Å²) in [4.78, 5) is 9.60. The molecule has 10 heavy (non-hydrogen) atoms. The highest BCUT2D eigenvalue weighted by molar-refractivity contribution is 6.63. The lowest BCUT2D eigenvalue weighted by Gasteiger charge is -1.79. The zero-order valence-corrected chi connectivity index (χ0v) is 7.75. The highest BCUT2D eigenvalue weighted by Gasteiger charge is 1.87. The molecule has 0 spiro atoms. The van der Waals surface area contributed by atoms with Gasteiger partial charge in [0.2, 0.25) is 0 Å². The van der Waals surface area contributed by atoms with Gasteiger partial charge in [0.15, 0.2) is 4.30 Å². The predicted octanol–water partition coefficient (Wildman–Crippen LogP) is 2.86. The van der Waals surface area contributed by atoms with E-state index in [1.807, 2.05) is 6.92 Å². The minimum absolute atomic E-state index is 0.292. The van der Waals surface area contributed by atoms with Crippen molar-refractivity contribution >= 4 is 40.8 Å². The van der Waals surface area contributed by atoms with Crippen molar-refractivity contribution in [2.75, 3.05) is 0 Å². The summed E-state index contributed by atoms with van der Waals surface area (Å²) in [7, 11) is 0. The van der Waals surface area contributed by atoms with Crippen LogP contribution in [0.5, 0.6) is 0 Å². The molecule has 0 aromatic heterocycles. The molecule has 0 aliphatic rings. The minimum Gasteiger partial charge on any atom is -0.481 e. The topological polar surface area (TPSA) is 37.3 Å². The molecule has 62 valence electrons. The quantitative estimate of drug-likeness (QED) is 0.707. The lowest BCUT2D eigenvalue weighted by Crippen LogP contribution is -1.90. The van der Waals surface area contributed by atoms with Crippen molar-refractivity contribution in [2.24, 2.45) is 0 Å². The fourth-order valence-electron chi connectivity index (χ4n) is 0.214. The number of carbonyl (C=O) groups is 1. The minimum atomic E-state index is -0.750. The average molecular weight is 207 g/mol. The van der Waals surface area contributed by atoms with Gasteiger partial charge in [-0.25, -0.2) is 0 Å². The van der Waals surface area contributed by atoms with Gasteiger partial charge in [0.05, 0.1) is 0 Å². The first-order chi connectivity index (χ1) is 4.50. The van der Waals surface area contributed by atoms with Crippen molar-refractivity contribution < 1.29 is 9.90 Å². The van der Waals surface area contributed by atoms with Gasteiger partial charge in [-0.15, -0.1) is 0 Å². The molecule has 1 N–H and O–H groups in total. The predicted molar refractivity (Wildman–Crippen MR) is 43.9 cm³/mol. The Bertz CT molecular complexity index is 82.2. The third-order valence-electron chi connectivity index (χ3n) is 0.464. The molecule has 0 heterocycles. The summed E-state index contributed by atoms with van der Waals surface area (Å²) in [6, 6.07) is 0. The molecule has 0 radical (unpaired) electrons. The van der Waals surface area contributed by atoms with Gasteiger partial charge in [-0.3, -0.25) is 4.79 Å². The maximum Gasteiger partial charge on any atom is 0.303 e. The molecule has 0 amide bonds. The van der Waals surface area contributed by atoms with Crippen LogP contribution in [0.25, 0.3) is 0 Å². The first-order valence-electron chi connectivity index (χ1n) is 2.64. The normalized spacial score (nSPS) is 8.50. The largest absolute Gasteiger partial charge is 0.481 e. The van der Waals surface area contributed by atoms with E-state index in [0.29, 0.717) is 6.42 Å². The van der Waals surface area contributed by atoms with Gasteiger partial charge in [-0.1, -0.05) is 41.7 Å². The first kappa shape index (κ1) is 13.0. The Labute approximate surface area is 75.1 Å². The second-order valence-electron chi connectivity index (χ2n) is 1.39. The van der Waals surface area contributed by atoms with Crippen LogP contribution in [0.1, 0.15) is 19.8 Å². The first-order valence-corrected chi connectivity index (χ1v) is 3.95. The summed E-state index contributed by atoms with van der Waals surface area (Å²) in [5.41, 5.74) is 0. The third kappa shape index (κ3) is 40.3. The Balaban J connectivity index is 0. The molecule has 0 rings (SSSR count). The Morgan fingerprint density at radius 3 is 1.80 bits per heavy atom. The number of carboxylic acids is 1.